The van der Waals surface area contributed by atoms with Gasteiger partial charge in [-0.25, -0.2) is 0 Å². The van der Waals surface area contributed by atoms with Crippen LogP contribution in [0, 0.1) is 0 Å². The molecule has 0 amide bonds. The second kappa shape index (κ2) is 4.09. The highest BCUT2D eigenvalue weighted by molar-refractivity contribution is 6.69. The molecule has 1 aromatic rings. The predicted molar refractivity (Wildman–Crippen MR) is 51.8 cm³/mol. The Hall–Kier alpha value is -0.570. The smallest absolute Gasteiger partial charge is 0.252 e. The zero-order valence-electron chi connectivity index (χ0n) is 6.18. The molecule has 68 valence electrons. The van der Waals surface area contributed by atoms with Crippen LogP contribution < -0.4 is 0 Å². The molecule has 0 fully saturated rings. The zero-order chi connectivity index (χ0) is 10.0. The normalized spacial score (nSPS) is 9.77. The molecule has 0 aromatic heterocycles. The first-order valence-corrected chi connectivity index (χ1v) is 4.34. The molecule has 0 saturated carbocycles. The van der Waals surface area contributed by atoms with Crippen LogP contribution >= 0.6 is 34.8 Å². The summed E-state index contributed by atoms with van der Waals surface area (Å²) in [5, 5.41) is -1.11. The monoisotopic (exact) mass is 236 g/mol. The highest BCUT2D eigenvalue weighted by Crippen LogP contribution is 2.17. The number of carbonyl (C=O) groups is 2. The van der Waals surface area contributed by atoms with Gasteiger partial charge in [-0.3, -0.25) is 9.59 Å². The van der Waals surface area contributed by atoms with E-state index in [-0.39, 0.29) is 16.1 Å². The lowest BCUT2D eigenvalue weighted by Gasteiger charge is -1.98. The molecule has 5 heteroatoms. The molecule has 0 spiro atoms. The van der Waals surface area contributed by atoms with E-state index in [1.807, 2.05) is 0 Å². The maximum Gasteiger partial charge on any atom is 0.252 e. The van der Waals surface area contributed by atoms with E-state index < -0.39 is 10.5 Å². The van der Waals surface area contributed by atoms with Crippen molar-refractivity contribution in [2.24, 2.45) is 0 Å². The van der Waals surface area contributed by atoms with E-state index in [0.29, 0.717) is 0 Å². The molecular formula is C8H3Cl3O2. The van der Waals surface area contributed by atoms with Crippen molar-refractivity contribution in [3.63, 3.8) is 0 Å². The summed E-state index contributed by atoms with van der Waals surface area (Å²) in [7, 11) is 0. The van der Waals surface area contributed by atoms with Crippen LogP contribution in [-0.2, 0) is 0 Å². The van der Waals surface area contributed by atoms with Gasteiger partial charge in [0.05, 0.1) is 0 Å². The second-order valence-electron chi connectivity index (χ2n) is 2.28. The fraction of sp³-hybridized carbons (Fsp3) is 0. The third kappa shape index (κ3) is 2.69. The van der Waals surface area contributed by atoms with Crippen molar-refractivity contribution in [3.8, 4) is 0 Å². The van der Waals surface area contributed by atoms with Crippen LogP contribution in [0.2, 0.25) is 5.02 Å². The summed E-state index contributed by atoms with van der Waals surface area (Å²) in [5.41, 5.74) is 0.302. The first-order valence-electron chi connectivity index (χ1n) is 3.21. The van der Waals surface area contributed by atoms with Crippen LogP contribution in [0.1, 0.15) is 20.7 Å². The minimum Gasteiger partial charge on any atom is -0.276 e. The highest BCUT2D eigenvalue weighted by Gasteiger charge is 2.08. The van der Waals surface area contributed by atoms with E-state index in [0.717, 1.165) is 0 Å². The molecule has 0 aliphatic rings. The Labute approximate surface area is 89.4 Å². The first-order chi connectivity index (χ1) is 6.00. The molecule has 2 nitrogen and oxygen atoms in total. The van der Waals surface area contributed by atoms with E-state index in [1.165, 1.54) is 18.2 Å². The molecule has 0 bridgehead atoms. The fourth-order valence-electron chi connectivity index (χ4n) is 0.817. The minimum absolute atomic E-state index is 0.151. The molecule has 0 unspecified atom stereocenters. The standard InChI is InChI=1S/C8H3Cl3O2/c9-6-2-4(7(10)12)1-5(3-6)8(11)13/h1-3H. The lowest BCUT2D eigenvalue weighted by molar-refractivity contribution is 0.108. The largest absolute Gasteiger partial charge is 0.276 e. The zero-order valence-corrected chi connectivity index (χ0v) is 8.45. The summed E-state index contributed by atoms with van der Waals surface area (Å²) in [5.74, 6) is 0. The molecule has 1 aromatic carbocycles. The van der Waals surface area contributed by atoms with Gasteiger partial charge < -0.3 is 0 Å². The lowest BCUT2D eigenvalue weighted by Crippen LogP contribution is -1.94. The molecule has 0 N–H and O–H groups in total. The summed E-state index contributed by atoms with van der Waals surface area (Å²) in [4.78, 5) is 21.4. The summed E-state index contributed by atoms with van der Waals surface area (Å²) < 4.78 is 0. The number of carbonyl (C=O) groups excluding carboxylic acids is 2. The maximum absolute atomic E-state index is 10.7. The van der Waals surface area contributed by atoms with Crippen molar-refractivity contribution in [1.29, 1.82) is 0 Å². The van der Waals surface area contributed by atoms with Crippen LogP contribution in [0.4, 0.5) is 0 Å². The van der Waals surface area contributed by atoms with Gasteiger partial charge in [-0.15, -0.1) is 0 Å². The molecule has 0 heterocycles. The Kier molecular flexibility index (Phi) is 3.31. The summed E-state index contributed by atoms with van der Waals surface area (Å²) in [6.07, 6.45) is 0. The van der Waals surface area contributed by atoms with E-state index >= 15 is 0 Å². The molecule has 1 rings (SSSR count). The number of hydrogen-bond donors (Lipinski definition) is 0. The summed E-state index contributed by atoms with van der Waals surface area (Å²) in [6.45, 7) is 0. The van der Waals surface area contributed by atoms with E-state index in [2.05, 4.69) is 0 Å². The maximum atomic E-state index is 10.7. The Morgan fingerprint density at radius 3 is 1.62 bits per heavy atom. The molecular weight excluding hydrogens is 234 g/mol. The summed E-state index contributed by atoms with van der Waals surface area (Å²) >= 11 is 16.0. The van der Waals surface area contributed by atoms with Crippen LogP contribution in [-0.4, -0.2) is 10.5 Å². The van der Waals surface area contributed by atoms with Gasteiger partial charge in [0.25, 0.3) is 10.5 Å². The first kappa shape index (κ1) is 10.5. The SMILES string of the molecule is O=C(Cl)c1cc(Cl)cc(C(=O)Cl)c1. The lowest BCUT2D eigenvalue weighted by atomic mass is 10.1. The fourth-order valence-corrected chi connectivity index (χ4v) is 1.27. The highest BCUT2D eigenvalue weighted by atomic mass is 35.5. The van der Waals surface area contributed by atoms with Gasteiger partial charge in [0, 0.05) is 16.1 Å². The van der Waals surface area contributed by atoms with Crippen molar-refractivity contribution in [2.75, 3.05) is 0 Å². The number of halogens is 3. The van der Waals surface area contributed by atoms with E-state index in [4.69, 9.17) is 34.8 Å². The Morgan fingerprint density at radius 1 is 0.923 bits per heavy atom. The molecule has 0 aliphatic carbocycles. The van der Waals surface area contributed by atoms with Gasteiger partial charge in [0.15, 0.2) is 0 Å². The van der Waals surface area contributed by atoms with Gasteiger partial charge in [0.2, 0.25) is 0 Å². The van der Waals surface area contributed by atoms with Crippen LogP contribution in [0.5, 0.6) is 0 Å². The van der Waals surface area contributed by atoms with Gasteiger partial charge in [0.1, 0.15) is 0 Å². The Bertz CT molecular complexity index is 341. The average Bonchev–Trinajstić information content (AvgIpc) is 2.03. The third-order valence-corrected chi connectivity index (χ3v) is 2.01. The topological polar surface area (TPSA) is 34.1 Å². The van der Waals surface area contributed by atoms with Crippen molar-refractivity contribution in [3.05, 3.63) is 34.3 Å². The van der Waals surface area contributed by atoms with Crippen molar-refractivity contribution < 1.29 is 9.59 Å². The predicted octanol–water partition coefficient (Wildman–Crippen LogP) is 3.10. The Morgan fingerprint density at radius 2 is 1.31 bits per heavy atom. The number of hydrogen-bond acceptors (Lipinski definition) is 2. The number of benzene rings is 1. The van der Waals surface area contributed by atoms with Crippen molar-refractivity contribution >= 4 is 45.3 Å². The average molecular weight is 237 g/mol. The van der Waals surface area contributed by atoms with E-state index in [9.17, 15) is 9.59 Å². The minimum atomic E-state index is -0.679. The van der Waals surface area contributed by atoms with Gasteiger partial charge in [-0.1, -0.05) is 11.6 Å². The molecule has 0 radical (unpaired) electrons. The Balaban J connectivity index is 3.26. The molecule has 0 saturated heterocycles. The van der Waals surface area contributed by atoms with Crippen LogP contribution in [0.3, 0.4) is 0 Å². The quantitative estimate of drug-likeness (QED) is 0.741. The van der Waals surface area contributed by atoms with Gasteiger partial charge in [-0.05, 0) is 41.4 Å². The van der Waals surface area contributed by atoms with Gasteiger partial charge >= 0.3 is 0 Å². The second-order valence-corrected chi connectivity index (χ2v) is 3.40. The molecule has 0 aliphatic heterocycles. The number of rotatable bonds is 2. The summed E-state index contributed by atoms with van der Waals surface area (Å²) in [6, 6.07) is 4.01. The van der Waals surface area contributed by atoms with Crippen molar-refractivity contribution in [1.82, 2.24) is 0 Å². The molecule has 0 atom stereocenters. The van der Waals surface area contributed by atoms with Crippen molar-refractivity contribution in [2.45, 2.75) is 0 Å². The van der Waals surface area contributed by atoms with Crippen LogP contribution in [0.15, 0.2) is 18.2 Å². The van der Waals surface area contributed by atoms with Crippen LogP contribution in [0.25, 0.3) is 0 Å². The third-order valence-electron chi connectivity index (χ3n) is 1.35. The van der Waals surface area contributed by atoms with Gasteiger partial charge in [-0.2, -0.15) is 0 Å². The molecule has 13 heavy (non-hydrogen) atoms. The van der Waals surface area contributed by atoms with E-state index in [1.54, 1.807) is 0 Å².